The van der Waals surface area contributed by atoms with Crippen LogP contribution < -0.4 is 25.3 Å². The van der Waals surface area contributed by atoms with Crippen molar-refractivity contribution in [2.75, 3.05) is 19.8 Å². The number of hydrogen-bond acceptors (Lipinski definition) is 8. The van der Waals surface area contributed by atoms with Crippen LogP contribution in [0.5, 0.6) is 23.3 Å². The summed E-state index contributed by atoms with van der Waals surface area (Å²) in [5.74, 6) is -0.695. The Labute approximate surface area is 143 Å². The van der Waals surface area contributed by atoms with Gasteiger partial charge in [-0.2, -0.15) is 4.98 Å². The van der Waals surface area contributed by atoms with Crippen LogP contribution in [-0.4, -0.2) is 41.8 Å². The maximum absolute atomic E-state index is 11.4. The topological polar surface area (TPSA) is 133 Å². The fourth-order valence-corrected chi connectivity index (χ4v) is 1.67. The van der Waals surface area contributed by atoms with Crippen molar-refractivity contribution in [2.24, 2.45) is 5.73 Å². The quantitative estimate of drug-likeness (QED) is 0.627. The number of aromatic hydroxyl groups is 1. The minimum atomic E-state index is -1.11. The Morgan fingerprint density at radius 2 is 1.80 bits per heavy atom. The Bertz CT molecular complexity index is 723. The van der Waals surface area contributed by atoms with E-state index in [1.165, 1.54) is 12.1 Å². The van der Waals surface area contributed by atoms with Crippen molar-refractivity contribution in [3.63, 3.8) is 0 Å². The summed E-state index contributed by atoms with van der Waals surface area (Å²) >= 11 is 0. The van der Waals surface area contributed by atoms with E-state index in [-0.39, 0.29) is 31.4 Å². The number of para-hydroxylation sites is 1. The molecule has 1 aromatic carbocycles. The summed E-state index contributed by atoms with van der Waals surface area (Å²) in [5.41, 5.74) is 5.06. The van der Waals surface area contributed by atoms with Crippen LogP contribution in [0, 0.1) is 0 Å². The molecule has 25 heavy (non-hydrogen) atoms. The first-order valence-corrected chi connectivity index (χ1v) is 7.31. The molecule has 132 valence electrons. The van der Waals surface area contributed by atoms with E-state index in [0.29, 0.717) is 5.75 Å². The van der Waals surface area contributed by atoms with E-state index >= 15 is 0 Å². The molecule has 0 bridgehead atoms. The number of carbonyl (C=O) groups excluding carboxylic acids is 2. The Hall–Kier alpha value is -3.33. The number of aromatic nitrogens is 1. The molecule has 2 aromatic rings. The minimum Gasteiger partial charge on any atom is -0.503 e. The number of nitrogens with one attached hydrogen (secondary N) is 1. The third kappa shape index (κ3) is 5.99. The molecule has 0 saturated heterocycles. The summed E-state index contributed by atoms with van der Waals surface area (Å²) in [6, 6.07) is 11.8. The summed E-state index contributed by atoms with van der Waals surface area (Å²) in [6.45, 7) is 0.0806. The number of benzene rings is 1. The molecule has 0 aliphatic carbocycles. The van der Waals surface area contributed by atoms with E-state index in [4.69, 9.17) is 19.9 Å². The Morgan fingerprint density at radius 1 is 1.08 bits per heavy atom. The number of hydrogen-bond donors (Lipinski definition) is 3. The highest BCUT2D eigenvalue weighted by atomic mass is 16.6. The van der Waals surface area contributed by atoms with Gasteiger partial charge in [-0.05, 0) is 18.2 Å². The van der Waals surface area contributed by atoms with Gasteiger partial charge in [0, 0.05) is 6.07 Å². The number of amides is 2. The van der Waals surface area contributed by atoms with Crippen LogP contribution in [-0.2, 0) is 4.79 Å². The van der Waals surface area contributed by atoms with Gasteiger partial charge in [-0.1, -0.05) is 18.2 Å². The number of nitrogens with two attached hydrogens (primary N) is 1. The smallest absolute Gasteiger partial charge is 0.420 e. The second kappa shape index (κ2) is 9.08. The normalized spacial score (nSPS) is 9.96. The van der Waals surface area contributed by atoms with Crippen molar-refractivity contribution < 1.29 is 28.9 Å². The van der Waals surface area contributed by atoms with E-state index < -0.39 is 17.9 Å². The molecule has 1 heterocycles. The van der Waals surface area contributed by atoms with Crippen LogP contribution in [0.4, 0.5) is 4.79 Å². The predicted molar refractivity (Wildman–Crippen MR) is 86.6 cm³/mol. The van der Waals surface area contributed by atoms with Gasteiger partial charge in [-0.15, -0.1) is 0 Å². The van der Waals surface area contributed by atoms with E-state index in [0.717, 1.165) is 0 Å². The second-order valence-corrected chi connectivity index (χ2v) is 4.63. The number of nitrogens with zero attached hydrogens (tertiary/aromatic N) is 1. The minimum absolute atomic E-state index is 0.113. The molecular weight excluding hydrogens is 330 g/mol. The molecule has 9 heteroatoms. The van der Waals surface area contributed by atoms with Gasteiger partial charge >= 0.3 is 6.09 Å². The number of pyridine rings is 1. The van der Waals surface area contributed by atoms with E-state index in [1.54, 1.807) is 0 Å². The highest BCUT2D eigenvalue weighted by molar-refractivity contribution is 5.93. The molecular formula is C16H17N3O6. The molecule has 0 aliphatic rings. The van der Waals surface area contributed by atoms with E-state index in [2.05, 4.69) is 4.98 Å². The third-order valence-corrected chi connectivity index (χ3v) is 2.78. The fraction of sp³-hybridized carbons (Fsp3) is 0.188. The number of carbonyl (C=O) groups is 2. The van der Waals surface area contributed by atoms with Crippen molar-refractivity contribution in [1.82, 2.24) is 10.3 Å². The number of rotatable bonds is 7. The highest BCUT2D eigenvalue weighted by Crippen LogP contribution is 2.26. The maximum Gasteiger partial charge on any atom is 0.420 e. The lowest BCUT2D eigenvalue weighted by atomic mass is 10.3. The Balaban J connectivity index is 1.85. The van der Waals surface area contributed by atoms with Crippen LogP contribution in [0.25, 0.3) is 0 Å². The molecule has 0 aliphatic heterocycles. The number of imide groups is 1. The molecule has 0 atom stereocenters. The summed E-state index contributed by atoms with van der Waals surface area (Å²) in [7, 11) is 0. The largest absolute Gasteiger partial charge is 0.503 e. The van der Waals surface area contributed by atoms with Gasteiger partial charge in [0.1, 0.15) is 19.0 Å². The van der Waals surface area contributed by atoms with Gasteiger partial charge in [0.2, 0.25) is 11.8 Å². The van der Waals surface area contributed by atoms with Gasteiger partial charge in [0.25, 0.3) is 5.88 Å². The first kappa shape index (κ1) is 18.0. The van der Waals surface area contributed by atoms with Gasteiger partial charge in [0.15, 0.2) is 5.75 Å². The monoisotopic (exact) mass is 347 g/mol. The molecule has 0 saturated carbocycles. The van der Waals surface area contributed by atoms with Crippen LogP contribution in [0.3, 0.4) is 0 Å². The fourth-order valence-electron chi connectivity index (χ4n) is 1.67. The average molecular weight is 347 g/mol. The van der Waals surface area contributed by atoms with Crippen molar-refractivity contribution in [1.29, 1.82) is 0 Å². The summed E-state index contributed by atoms with van der Waals surface area (Å²) < 4.78 is 15.6. The summed E-state index contributed by atoms with van der Waals surface area (Å²) in [5, 5.41) is 11.5. The molecule has 4 N–H and O–H groups in total. The zero-order chi connectivity index (χ0) is 18.1. The summed E-state index contributed by atoms with van der Waals surface area (Å²) in [4.78, 5) is 26.3. The van der Waals surface area contributed by atoms with Crippen molar-refractivity contribution in [2.45, 2.75) is 0 Å². The zero-order valence-corrected chi connectivity index (χ0v) is 13.2. The lowest BCUT2D eigenvalue weighted by Crippen LogP contribution is -2.37. The Kier molecular flexibility index (Phi) is 6.55. The highest BCUT2D eigenvalue weighted by Gasteiger charge is 2.14. The maximum atomic E-state index is 11.4. The first-order valence-electron chi connectivity index (χ1n) is 7.31. The van der Waals surface area contributed by atoms with E-state index in [9.17, 15) is 14.7 Å². The lowest BCUT2D eigenvalue weighted by molar-refractivity contribution is -0.118. The third-order valence-electron chi connectivity index (χ3n) is 2.78. The van der Waals surface area contributed by atoms with Crippen molar-refractivity contribution in [3.05, 3.63) is 42.5 Å². The molecule has 0 unspecified atom stereocenters. The first-order chi connectivity index (χ1) is 12.1. The van der Waals surface area contributed by atoms with Crippen molar-refractivity contribution >= 4 is 12.0 Å². The molecule has 1 aromatic heterocycles. The molecule has 9 nitrogen and oxygen atoms in total. The van der Waals surface area contributed by atoms with Gasteiger partial charge in [0.05, 0.1) is 6.54 Å². The lowest BCUT2D eigenvalue weighted by Gasteiger charge is -2.10. The predicted octanol–water partition coefficient (Wildman–Crippen LogP) is 0.819. The Morgan fingerprint density at radius 3 is 2.52 bits per heavy atom. The standard InChI is InChI=1S/C16H17N3O6/c17-10-13(21)18-16(22)25-15-12(20)6-7-14(19-15)24-9-8-23-11-4-2-1-3-5-11/h1-7,20H,8-10,17H2,(H,18,21,22). The molecule has 0 fully saturated rings. The van der Waals surface area contributed by atoms with Crippen LogP contribution in [0.1, 0.15) is 0 Å². The molecule has 0 radical (unpaired) electrons. The summed E-state index contributed by atoms with van der Waals surface area (Å²) in [6.07, 6.45) is -1.11. The SMILES string of the molecule is NCC(=O)NC(=O)Oc1nc(OCCOc2ccccc2)ccc1O. The van der Waals surface area contributed by atoms with Gasteiger partial charge in [-0.25, -0.2) is 4.79 Å². The van der Waals surface area contributed by atoms with Crippen LogP contribution >= 0.6 is 0 Å². The van der Waals surface area contributed by atoms with Crippen molar-refractivity contribution in [3.8, 4) is 23.3 Å². The molecule has 2 rings (SSSR count). The molecule has 0 spiro atoms. The van der Waals surface area contributed by atoms with Gasteiger partial charge in [-0.3, -0.25) is 10.1 Å². The molecule has 2 amide bonds. The second-order valence-electron chi connectivity index (χ2n) is 4.63. The average Bonchev–Trinajstić information content (AvgIpc) is 2.62. The van der Waals surface area contributed by atoms with Crippen LogP contribution in [0.15, 0.2) is 42.5 Å². The van der Waals surface area contributed by atoms with E-state index in [1.807, 2.05) is 35.6 Å². The number of ether oxygens (including phenoxy) is 3. The zero-order valence-electron chi connectivity index (χ0n) is 13.2. The van der Waals surface area contributed by atoms with Crippen LogP contribution in [0.2, 0.25) is 0 Å². The van der Waals surface area contributed by atoms with Gasteiger partial charge < -0.3 is 25.1 Å².